The molecule has 1 N–H and O–H groups in total. The van der Waals surface area contributed by atoms with Gasteiger partial charge in [0.2, 0.25) is 0 Å². The van der Waals surface area contributed by atoms with Gasteiger partial charge in [0.1, 0.15) is 0 Å². The molecule has 2 fully saturated rings. The standard InChI is InChI=1S/C26H26O5Se/c27-22-24(28-16-18-10-4-1-5-11-18)23-21(30-26(22)32-20-14-8-3-9-15-20)17-29-25(31-23)19-12-6-2-7-13-19/h1-15,21-27H,16-17H2/t21-,22-,23+,24-,25+,26+/m1/s1. The van der Waals surface area contributed by atoms with Crippen molar-refractivity contribution in [3.8, 4) is 0 Å². The summed E-state index contributed by atoms with van der Waals surface area (Å²) in [5.74, 6) is 0. The van der Waals surface area contributed by atoms with E-state index in [1.165, 1.54) is 4.46 Å². The van der Waals surface area contributed by atoms with Gasteiger partial charge in [-0.3, -0.25) is 0 Å². The van der Waals surface area contributed by atoms with Crippen molar-refractivity contribution in [3.05, 3.63) is 102 Å². The molecule has 5 rings (SSSR count). The zero-order valence-electron chi connectivity index (χ0n) is 17.5. The summed E-state index contributed by atoms with van der Waals surface area (Å²) in [4.78, 5) is 0. The van der Waals surface area contributed by atoms with Gasteiger partial charge in [-0.1, -0.05) is 0 Å². The molecule has 0 unspecified atom stereocenters. The Balaban J connectivity index is 1.36. The molecule has 2 saturated heterocycles. The van der Waals surface area contributed by atoms with E-state index < -0.39 is 24.6 Å². The maximum absolute atomic E-state index is 11.3. The molecule has 166 valence electrons. The van der Waals surface area contributed by atoms with Gasteiger partial charge in [0, 0.05) is 0 Å². The predicted octanol–water partition coefficient (Wildman–Crippen LogP) is 2.80. The fraction of sp³-hybridized carbons (Fsp3) is 0.308. The van der Waals surface area contributed by atoms with Crippen LogP contribution in [0.3, 0.4) is 0 Å². The van der Waals surface area contributed by atoms with E-state index in [-0.39, 0.29) is 26.1 Å². The molecule has 0 saturated carbocycles. The summed E-state index contributed by atoms with van der Waals surface area (Å²) in [6, 6.07) is 30.0. The Morgan fingerprint density at radius 3 is 2.22 bits per heavy atom. The second-order valence-corrected chi connectivity index (χ2v) is 10.4. The predicted molar refractivity (Wildman–Crippen MR) is 122 cm³/mol. The number of aliphatic hydroxyl groups excluding tert-OH is 1. The third kappa shape index (κ3) is 4.98. The second-order valence-electron chi connectivity index (χ2n) is 7.90. The van der Waals surface area contributed by atoms with Crippen LogP contribution in [0, 0.1) is 0 Å². The van der Waals surface area contributed by atoms with Crippen molar-refractivity contribution in [1.82, 2.24) is 0 Å². The number of benzene rings is 3. The van der Waals surface area contributed by atoms with E-state index in [1.54, 1.807) is 0 Å². The van der Waals surface area contributed by atoms with Crippen LogP contribution in [-0.2, 0) is 25.6 Å². The van der Waals surface area contributed by atoms with Crippen LogP contribution in [0.15, 0.2) is 91.0 Å². The van der Waals surface area contributed by atoms with E-state index in [2.05, 4.69) is 12.1 Å². The Labute approximate surface area is 194 Å². The monoisotopic (exact) mass is 498 g/mol. The first-order valence-corrected chi connectivity index (χ1v) is 12.7. The molecule has 2 aliphatic rings. The fourth-order valence-electron chi connectivity index (χ4n) is 4.03. The number of aliphatic hydroxyl groups is 1. The average molecular weight is 497 g/mol. The van der Waals surface area contributed by atoms with E-state index in [4.69, 9.17) is 18.9 Å². The molecule has 2 aliphatic heterocycles. The number of fused-ring (bicyclic) bond motifs is 1. The summed E-state index contributed by atoms with van der Waals surface area (Å²) in [7, 11) is 0. The first-order chi connectivity index (χ1) is 15.8. The van der Waals surface area contributed by atoms with E-state index in [9.17, 15) is 5.11 Å². The molecular weight excluding hydrogens is 471 g/mol. The number of hydrogen-bond donors (Lipinski definition) is 1. The number of hydrogen-bond acceptors (Lipinski definition) is 5. The Hall–Kier alpha value is -2.02. The van der Waals surface area contributed by atoms with Crippen molar-refractivity contribution in [1.29, 1.82) is 0 Å². The molecule has 0 amide bonds. The van der Waals surface area contributed by atoms with Crippen LogP contribution in [-0.4, -0.2) is 56.1 Å². The van der Waals surface area contributed by atoms with E-state index in [1.807, 2.05) is 78.9 Å². The molecule has 0 spiro atoms. The molecule has 32 heavy (non-hydrogen) atoms. The molecule has 5 nitrogen and oxygen atoms in total. The third-order valence-corrected chi connectivity index (χ3v) is 8.11. The van der Waals surface area contributed by atoms with Crippen molar-refractivity contribution in [2.24, 2.45) is 0 Å². The SMILES string of the molecule is O[C@@H]1[C@@H](OCc2ccccc2)[C@H]2O[C@@H](c3ccccc3)OC[C@H]2O[C@H]1[Se]c1ccccc1. The van der Waals surface area contributed by atoms with Crippen LogP contribution in [0.4, 0.5) is 0 Å². The molecule has 6 atom stereocenters. The maximum atomic E-state index is 11.3. The van der Waals surface area contributed by atoms with Gasteiger partial charge < -0.3 is 0 Å². The summed E-state index contributed by atoms with van der Waals surface area (Å²) in [5, 5.41) is 11.0. The molecular formula is C26H26O5Se. The summed E-state index contributed by atoms with van der Waals surface area (Å²) in [5.41, 5.74) is 2.00. The summed E-state index contributed by atoms with van der Waals surface area (Å²) < 4.78 is 26.1. The van der Waals surface area contributed by atoms with Crippen molar-refractivity contribution in [2.75, 3.05) is 6.61 Å². The molecule has 2 heterocycles. The normalized spacial score (nSPS) is 29.9. The van der Waals surface area contributed by atoms with Crippen LogP contribution >= 0.6 is 0 Å². The van der Waals surface area contributed by atoms with Crippen LogP contribution in [0.2, 0.25) is 0 Å². The number of rotatable bonds is 6. The molecule has 0 aromatic heterocycles. The van der Waals surface area contributed by atoms with Crippen molar-refractivity contribution in [2.45, 2.75) is 42.3 Å². The van der Waals surface area contributed by atoms with Crippen LogP contribution in [0.25, 0.3) is 0 Å². The number of ether oxygens (including phenoxy) is 4. The fourth-order valence-corrected chi connectivity index (χ4v) is 6.29. The van der Waals surface area contributed by atoms with E-state index >= 15 is 0 Å². The summed E-state index contributed by atoms with van der Waals surface area (Å²) >= 11 is -0.0731. The summed E-state index contributed by atoms with van der Waals surface area (Å²) in [6.45, 7) is 0.792. The molecule has 3 aromatic rings. The van der Waals surface area contributed by atoms with E-state index in [0.29, 0.717) is 13.2 Å². The van der Waals surface area contributed by atoms with Gasteiger partial charge in [0.05, 0.1) is 0 Å². The van der Waals surface area contributed by atoms with Crippen LogP contribution in [0.1, 0.15) is 17.4 Å². The molecule has 0 aliphatic carbocycles. The average Bonchev–Trinajstić information content (AvgIpc) is 2.86. The molecule has 6 heteroatoms. The van der Waals surface area contributed by atoms with E-state index in [0.717, 1.165) is 11.1 Å². The Morgan fingerprint density at radius 2 is 1.50 bits per heavy atom. The first-order valence-electron chi connectivity index (χ1n) is 10.8. The van der Waals surface area contributed by atoms with Gasteiger partial charge in [-0.25, -0.2) is 0 Å². The van der Waals surface area contributed by atoms with Crippen molar-refractivity contribution >= 4 is 19.4 Å². The Morgan fingerprint density at radius 1 is 0.844 bits per heavy atom. The van der Waals surface area contributed by atoms with Gasteiger partial charge in [-0.05, 0) is 0 Å². The zero-order valence-corrected chi connectivity index (χ0v) is 19.2. The first kappa shape index (κ1) is 21.8. The van der Waals surface area contributed by atoms with Crippen molar-refractivity contribution in [3.63, 3.8) is 0 Å². The van der Waals surface area contributed by atoms with Crippen molar-refractivity contribution < 1.29 is 24.1 Å². The Kier molecular flexibility index (Phi) is 7.00. The quantitative estimate of drug-likeness (QED) is 0.531. The molecule has 3 aromatic carbocycles. The van der Waals surface area contributed by atoms with Gasteiger partial charge in [0.25, 0.3) is 0 Å². The van der Waals surface area contributed by atoms with Gasteiger partial charge in [-0.2, -0.15) is 0 Å². The zero-order chi connectivity index (χ0) is 21.8. The van der Waals surface area contributed by atoms with Gasteiger partial charge in [0.15, 0.2) is 0 Å². The van der Waals surface area contributed by atoms with Crippen LogP contribution < -0.4 is 4.46 Å². The molecule has 0 radical (unpaired) electrons. The molecule has 0 bridgehead atoms. The van der Waals surface area contributed by atoms with Gasteiger partial charge >= 0.3 is 195 Å². The minimum atomic E-state index is -0.797. The second kappa shape index (κ2) is 10.3. The Bertz CT molecular complexity index is 971. The minimum absolute atomic E-state index is 0.0731. The third-order valence-electron chi connectivity index (χ3n) is 5.66. The van der Waals surface area contributed by atoms with Crippen LogP contribution in [0.5, 0.6) is 0 Å². The summed E-state index contributed by atoms with van der Waals surface area (Å²) in [6.07, 6.45) is -2.54. The van der Waals surface area contributed by atoms with Gasteiger partial charge in [-0.15, -0.1) is 0 Å². The topological polar surface area (TPSA) is 57.2 Å².